The molecule has 2 aromatic rings. The van der Waals surface area contributed by atoms with Crippen LogP contribution in [0.4, 0.5) is 0 Å². The van der Waals surface area contributed by atoms with Gasteiger partial charge in [0.05, 0.1) is 18.4 Å². The Kier molecular flexibility index (Phi) is 5.53. The zero-order valence-electron chi connectivity index (χ0n) is 14.0. The highest BCUT2D eigenvalue weighted by atomic mass is 16.2. The van der Waals surface area contributed by atoms with Crippen molar-refractivity contribution in [3.05, 3.63) is 41.5 Å². The fourth-order valence-corrected chi connectivity index (χ4v) is 2.87. The SMILES string of the molecule is CCc1ccc(CNC(=O)c2cn(C[C@H]3CCCNC3)nn2)nc1. The van der Waals surface area contributed by atoms with Crippen LogP contribution in [0.3, 0.4) is 0 Å². The summed E-state index contributed by atoms with van der Waals surface area (Å²) in [6.07, 6.45) is 6.90. The van der Waals surface area contributed by atoms with Crippen LogP contribution in [0, 0.1) is 5.92 Å². The number of rotatable bonds is 6. The number of carbonyl (C=O) groups excluding carboxylic acids is 1. The van der Waals surface area contributed by atoms with Crippen molar-refractivity contribution in [3.8, 4) is 0 Å². The lowest BCUT2D eigenvalue weighted by Crippen LogP contribution is -2.32. The molecule has 1 fully saturated rings. The average molecular weight is 328 g/mol. The Morgan fingerprint density at radius 2 is 2.38 bits per heavy atom. The van der Waals surface area contributed by atoms with Crippen molar-refractivity contribution < 1.29 is 4.79 Å². The van der Waals surface area contributed by atoms with Crippen LogP contribution in [0.15, 0.2) is 24.5 Å². The van der Waals surface area contributed by atoms with Gasteiger partial charge in [-0.15, -0.1) is 5.10 Å². The summed E-state index contributed by atoms with van der Waals surface area (Å²) in [4.78, 5) is 16.5. The molecule has 1 atom stereocenters. The van der Waals surface area contributed by atoms with Gasteiger partial charge in [-0.3, -0.25) is 14.5 Å². The number of pyridine rings is 1. The lowest BCUT2D eigenvalue weighted by Gasteiger charge is -2.22. The van der Waals surface area contributed by atoms with Crippen molar-refractivity contribution in [2.24, 2.45) is 5.92 Å². The standard InChI is InChI=1S/C17H24N6O/c1-2-13-5-6-15(19-9-13)10-20-17(24)16-12-23(22-21-16)11-14-4-3-7-18-8-14/h5-6,9,12,14,18H,2-4,7-8,10-11H2,1H3,(H,20,24)/t14-/m0/s1. The summed E-state index contributed by atoms with van der Waals surface area (Å²) in [5.74, 6) is 0.335. The van der Waals surface area contributed by atoms with Gasteiger partial charge in [0.25, 0.3) is 5.91 Å². The van der Waals surface area contributed by atoms with Crippen LogP contribution in [0.25, 0.3) is 0 Å². The highest BCUT2D eigenvalue weighted by Gasteiger charge is 2.16. The van der Waals surface area contributed by atoms with Crippen molar-refractivity contribution in [3.63, 3.8) is 0 Å². The molecule has 24 heavy (non-hydrogen) atoms. The summed E-state index contributed by atoms with van der Waals surface area (Å²) >= 11 is 0. The number of piperidine rings is 1. The highest BCUT2D eigenvalue weighted by molar-refractivity contribution is 5.91. The van der Waals surface area contributed by atoms with Crippen molar-refractivity contribution in [1.82, 2.24) is 30.6 Å². The molecule has 1 aliphatic heterocycles. The van der Waals surface area contributed by atoms with Gasteiger partial charge in [-0.25, -0.2) is 0 Å². The van der Waals surface area contributed by atoms with Crippen molar-refractivity contribution in [1.29, 1.82) is 0 Å². The third-order valence-corrected chi connectivity index (χ3v) is 4.34. The summed E-state index contributed by atoms with van der Waals surface area (Å²) in [5, 5.41) is 14.3. The van der Waals surface area contributed by atoms with Gasteiger partial charge in [0.2, 0.25) is 0 Å². The molecule has 0 unspecified atom stereocenters. The number of carbonyl (C=O) groups is 1. The van der Waals surface area contributed by atoms with Crippen LogP contribution in [0.1, 0.15) is 41.5 Å². The minimum Gasteiger partial charge on any atom is -0.345 e. The first kappa shape index (κ1) is 16.6. The summed E-state index contributed by atoms with van der Waals surface area (Å²) in [7, 11) is 0. The van der Waals surface area contributed by atoms with E-state index in [9.17, 15) is 4.79 Å². The molecule has 0 aliphatic carbocycles. The molecule has 2 aromatic heterocycles. The number of amides is 1. The first-order valence-electron chi connectivity index (χ1n) is 8.57. The van der Waals surface area contributed by atoms with E-state index < -0.39 is 0 Å². The lowest BCUT2D eigenvalue weighted by molar-refractivity contribution is 0.0945. The largest absolute Gasteiger partial charge is 0.345 e. The Morgan fingerprint density at radius 3 is 3.08 bits per heavy atom. The van der Waals surface area contributed by atoms with E-state index in [2.05, 4.69) is 32.9 Å². The molecule has 7 nitrogen and oxygen atoms in total. The van der Waals surface area contributed by atoms with Crippen LogP contribution in [-0.2, 0) is 19.5 Å². The molecule has 128 valence electrons. The summed E-state index contributed by atoms with van der Waals surface area (Å²) in [6, 6.07) is 3.97. The fourth-order valence-electron chi connectivity index (χ4n) is 2.87. The van der Waals surface area contributed by atoms with E-state index in [4.69, 9.17) is 0 Å². The monoisotopic (exact) mass is 328 g/mol. The van der Waals surface area contributed by atoms with Gasteiger partial charge in [-0.2, -0.15) is 0 Å². The maximum Gasteiger partial charge on any atom is 0.273 e. The Balaban J connectivity index is 1.51. The second kappa shape index (κ2) is 8.01. The van der Waals surface area contributed by atoms with Crippen LogP contribution >= 0.6 is 0 Å². The van der Waals surface area contributed by atoms with Crippen LogP contribution in [0.5, 0.6) is 0 Å². The molecule has 7 heteroatoms. The molecule has 0 aromatic carbocycles. The summed E-state index contributed by atoms with van der Waals surface area (Å²) < 4.78 is 1.76. The van der Waals surface area contributed by atoms with E-state index in [0.29, 0.717) is 18.2 Å². The molecule has 2 N–H and O–H groups in total. The Bertz CT molecular complexity index is 660. The predicted octanol–water partition coefficient (Wildman–Crippen LogP) is 1.17. The van der Waals surface area contributed by atoms with Gasteiger partial charge in [0, 0.05) is 12.7 Å². The van der Waals surface area contributed by atoms with E-state index in [1.807, 2.05) is 18.3 Å². The van der Waals surface area contributed by atoms with Crippen LogP contribution in [0.2, 0.25) is 0 Å². The van der Waals surface area contributed by atoms with Gasteiger partial charge in [-0.05, 0) is 49.9 Å². The first-order valence-corrected chi connectivity index (χ1v) is 8.57. The Hall–Kier alpha value is -2.28. The molecule has 3 heterocycles. The number of aromatic nitrogens is 4. The van der Waals surface area contributed by atoms with Crippen molar-refractivity contribution in [2.45, 2.75) is 39.3 Å². The fraction of sp³-hybridized carbons (Fsp3) is 0.529. The third kappa shape index (κ3) is 4.38. The van der Waals surface area contributed by atoms with Gasteiger partial charge in [-0.1, -0.05) is 18.2 Å². The molecule has 3 rings (SSSR count). The maximum atomic E-state index is 12.2. The number of nitrogens with zero attached hydrogens (tertiary/aromatic N) is 4. The molecule has 0 spiro atoms. The highest BCUT2D eigenvalue weighted by Crippen LogP contribution is 2.12. The average Bonchev–Trinajstić information content (AvgIpc) is 3.09. The van der Waals surface area contributed by atoms with E-state index in [-0.39, 0.29) is 5.91 Å². The van der Waals surface area contributed by atoms with Crippen molar-refractivity contribution in [2.75, 3.05) is 13.1 Å². The van der Waals surface area contributed by atoms with Crippen LogP contribution < -0.4 is 10.6 Å². The third-order valence-electron chi connectivity index (χ3n) is 4.34. The number of hydrogen-bond acceptors (Lipinski definition) is 5. The zero-order chi connectivity index (χ0) is 16.8. The molecule has 0 radical (unpaired) electrons. The van der Waals surface area contributed by atoms with Gasteiger partial charge in [0.15, 0.2) is 5.69 Å². The number of hydrogen-bond donors (Lipinski definition) is 2. The molecular weight excluding hydrogens is 304 g/mol. The number of aryl methyl sites for hydroxylation is 1. The minimum atomic E-state index is -0.218. The maximum absolute atomic E-state index is 12.2. The van der Waals surface area contributed by atoms with Gasteiger partial charge >= 0.3 is 0 Å². The molecular formula is C17H24N6O. The zero-order valence-corrected chi connectivity index (χ0v) is 14.0. The first-order chi connectivity index (χ1) is 11.7. The molecule has 0 saturated carbocycles. The Labute approximate surface area is 141 Å². The van der Waals surface area contributed by atoms with E-state index >= 15 is 0 Å². The molecule has 1 saturated heterocycles. The molecule has 0 bridgehead atoms. The topological polar surface area (TPSA) is 84.7 Å². The quantitative estimate of drug-likeness (QED) is 0.831. The summed E-state index contributed by atoms with van der Waals surface area (Å²) in [6.45, 7) is 5.37. The number of nitrogens with one attached hydrogen (secondary N) is 2. The Morgan fingerprint density at radius 1 is 1.46 bits per heavy atom. The van der Waals surface area contributed by atoms with E-state index in [1.54, 1.807) is 10.9 Å². The van der Waals surface area contributed by atoms with Crippen LogP contribution in [-0.4, -0.2) is 39.0 Å². The predicted molar refractivity (Wildman–Crippen MR) is 90.4 cm³/mol. The van der Waals surface area contributed by atoms with E-state index in [1.165, 1.54) is 18.4 Å². The summed E-state index contributed by atoms with van der Waals surface area (Å²) in [5.41, 5.74) is 2.37. The molecule has 1 amide bonds. The molecule has 1 aliphatic rings. The smallest absolute Gasteiger partial charge is 0.273 e. The van der Waals surface area contributed by atoms with E-state index in [0.717, 1.165) is 31.7 Å². The van der Waals surface area contributed by atoms with Gasteiger partial charge in [0.1, 0.15) is 0 Å². The second-order valence-corrected chi connectivity index (χ2v) is 6.23. The normalized spacial score (nSPS) is 17.6. The lowest BCUT2D eigenvalue weighted by atomic mass is 10.00. The minimum absolute atomic E-state index is 0.218. The second-order valence-electron chi connectivity index (χ2n) is 6.23. The van der Waals surface area contributed by atoms with Crippen molar-refractivity contribution >= 4 is 5.91 Å². The van der Waals surface area contributed by atoms with Gasteiger partial charge < -0.3 is 10.6 Å².